The molecule has 0 fully saturated rings. The summed E-state index contributed by atoms with van der Waals surface area (Å²) in [5.74, 6) is -1.29. The van der Waals surface area contributed by atoms with Gasteiger partial charge in [0.1, 0.15) is 0 Å². The Kier molecular flexibility index (Phi) is 3.47. The number of aliphatic hydroxyl groups excluding tert-OH is 1. The van der Waals surface area contributed by atoms with Gasteiger partial charge in [0.05, 0.1) is 16.6 Å². The fourth-order valence-corrected chi connectivity index (χ4v) is 1.40. The quantitative estimate of drug-likeness (QED) is 0.761. The van der Waals surface area contributed by atoms with E-state index in [9.17, 15) is 14.6 Å². The largest absolute Gasteiger partial charge is 0.505 e. The molecule has 0 aliphatic carbocycles. The van der Waals surface area contributed by atoms with Crippen LogP contribution >= 0.6 is 15.9 Å². The molecule has 2 atom stereocenters. The first-order chi connectivity index (χ1) is 6.45. The van der Waals surface area contributed by atoms with E-state index in [0.717, 1.165) is 0 Å². The third-order valence-corrected chi connectivity index (χ3v) is 2.59. The van der Waals surface area contributed by atoms with Gasteiger partial charge in [0, 0.05) is 5.56 Å². The van der Waals surface area contributed by atoms with Crippen LogP contribution in [-0.2, 0) is 0 Å². The molecule has 1 aromatic rings. The highest BCUT2D eigenvalue weighted by Crippen LogP contribution is 2.31. The second-order valence-corrected chi connectivity index (χ2v) is 3.92. The molecule has 4 N–H and O–H groups in total. The summed E-state index contributed by atoms with van der Waals surface area (Å²) < 4.78 is 13.3. The zero-order chi connectivity index (χ0) is 10.9. The number of aliphatic hydroxyl groups is 1. The van der Waals surface area contributed by atoms with E-state index in [2.05, 4.69) is 15.9 Å². The van der Waals surface area contributed by atoms with Crippen LogP contribution in [0.4, 0.5) is 4.39 Å². The molecule has 0 heterocycles. The fraction of sp³-hybridized carbons (Fsp3) is 0.333. The first-order valence-electron chi connectivity index (χ1n) is 4.05. The molecule has 78 valence electrons. The molecule has 0 spiro atoms. The van der Waals surface area contributed by atoms with Crippen molar-refractivity contribution < 1.29 is 14.6 Å². The number of benzene rings is 1. The maximum Gasteiger partial charge on any atom is 0.179 e. The lowest BCUT2D eigenvalue weighted by Gasteiger charge is -2.16. The molecule has 0 amide bonds. The standard InChI is InChI=1S/C9H11BrFNO2/c1-4(13)8(12)5-2-3-6(10)7(11)9(5)14/h2-4,8,13-14H,12H2,1H3. The summed E-state index contributed by atoms with van der Waals surface area (Å²) in [6.45, 7) is 1.48. The van der Waals surface area contributed by atoms with Crippen molar-refractivity contribution >= 4 is 15.9 Å². The Labute approximate surface area is 89.5 Å². The molecule has 0 aromatic heterocycles. The average Bonchev–Trinajstić information content (AvgIpc) is 2.13. The third-order valence-electron chi connectivity index (χ3n) is 1.98. The Balaban J connectivity index is 3.17. The lowest BCUT2D eigenvalue weighted by atomic mass is 10.0. The zero-order valence-electron chi connectivity index (χ0n) is 7.54. The van der Waals surface area contributed by atoms with Crippen molar-refractivity contribution in [2.45, 2.75) is 19.1 Å². The average molecular weight is 264 g/mol. The van der Waals surface area contributed by atoms with Crippen LogP contribution in [0.5, 0.6) is 5.75 Å². The fourth-order valence-electron chi connectivity index (χ4n) is 1.08. The Morgan fingerprint density at radius 1 is 1.50 bits per heavy atom. The highest BCUT2D eigenvalue weighted by molar-refractivity contribution is 9.10. The molecule has 0 saturated carbocycles. The zero-order valence-corrected chi connectivity index (χ0v) is 9.12. The van der Waals surface area contributed by atoms with Crippen LogP contribution in [0.1, 0.15) is 18.5 Å². The molecule has 0 saturated heterocycles. The van der Waals surface area contributed by atoms with Gasteiger partial charge in [-0.2, -0.15) is 0 Å². The number of aromatic hydroxyl groups is 1. The number of rotatable bonds is 2. The van der Waals surface area contributed by atoms with E-state index in [0.29, 0.717) is 0 Å². The topological polar surface area (TPSA) is 66.5 Å². The van der Waals surface area contributed by atoms with E-state index in [4.69, 9.17) is 5.73 Å². The summed E-state index contributed by atoms with van der Waals surface area (Å²) in [6, 6.07) is 2.12. The van der Waals surface area contributed by atoms with Gasteiger partial charge in [-0.15, -0.1) is 0 Å². The summed E-state index contributed by atoms with van der Waals surface area (Å²) >= 11 is 2.93. The number of halogens is 2. The van der Waals surface area contributed by atoms with Gasteiger partial charge in [-0.05, 0) is 28.9 Å². The van der Waals surface area contributed by atoms with Crippen LogP contribution in [0.15, 0.2) is 16.6 Å². The summed E-state index contributed by atoms with van der Waals surface area (Å²) in [5, 5.41) is 18.6. The molecule has 1 rings (SSSR count). The molecule has 2 unspecified atom stereocenters. The maximum atomic E-state index is 13.2. The van der Waals surface area contributed by atoms with E-state index >= 15 is 0 Å². The summed E-state index contributed by atoms with van der Waals surface area (Å²) in [5.41, 5.74) is 5.76. The van der Waals surface area contributed by atoms with Gasteiger partial charge in [0.15, 0.2) is 11.6 Å². The molecule has 3 nitrogen and oxygen atoms in total. The van der Waals surface area contributed by atoms with Gasteiger partial charge in [-0.1, -0.05) is 6.07 Å². The van der Waals surface area contributed by atoms with E-state index in [1.807, 2.05) is 0 Å². The molecule has 0 bridgehead atoms. The minimum atomic E-state index is -0.846. The van der Waals surface area contributed by atoms with Crippen molar-refractivity contribution in [2.75, 3.05) is 0 Å². The van der Waals surface area contributed by atoms with Crippen molar-refractivity contribution in [2.24, 2.45) is 5.73 Å². The van der Waals surface area contributed by atoms with Gasteiger partial charge in [0.25, 0.3) is 0 Å². The van der Waals surface area contributed by atoms with Crippen molar-refractivity contribution in [3.8, 4) is 5.75 Å². The molecule has 14 heavy (non-hydrogen) atoms. The first-order valence-corrected chi connectivity index (χ1v) is 4.85. The highest BCUT2D eigenvalue weighted by atomic mass is 79.9. The number of hydrogen-bond acceptors (Lipinski definition) is 3. The Morgan fingerprint density at radius 2 is 2.07 bits per heavy atom. The lowest BCUT2D eigenvalue weighted by Crippen LogP contribution is -2.23. The lowest BCUT2D eigenvalue weighted by molar-refractivity contribution is 0.162. The minimum Gasteiger partial charge on any atom is -0.505 e. The predicted molar refractivity (Wildman–Crippen MR) is 54.4 cm³/mol. The monoisotopic (exact) mass is 263 g/mol. The summed E-state index contributed by atoms with van der Waals surface area (Å²) in [4.78, 5) is 0. The second-order valence-electron chi connectivity index (χ2n) is 3.07. The highest BCUT2D eigenvalue weighted by Gasteiger charge is 2.19. The smallest absolute Gasteiger partial charge is 0.179 e. The van der Waals surface area contributed by atoms with E-state index in [1.54, 1.807) is 0 Å². The van der Waals surface area contributed by atoms with Crippen molar-refractivity contribution in [3.63, 3.8) is 0 Å². The second kappa shape index (κ2) is 4.25. The maximum absolute atomic E-state index is 13.2. The van der Waals surface area contributed by atoms with Crippen molar-refractivity contribution in [1.82, 2.24) is 0 Å². The third kappa shape index (κ3) is 2.05. The normalized spacial score (nSPS) is 15.2. The molecule has 5 heteroatoms. The van der Waals surface area contributed by atoms with Gasteiger partial charge in [-0.25, -0.2) is 4.39 Å². The van der Waals surface area contributed by atoms with Crippen molar-refractivity contribution in [1.29, 1.82) is 0 Å². The van der Waals surface area contributed by atoms with E-state index < -0.39 is 23.7 Å². The first kappa shape index (κ1) is 11.4. The Bertz CT molecular complexity index is 344. The Morgan fingerprint density at radius 3 is 2.57 bits per heavy atom. The van der Waals surface area contributed by atoms with Crippen LogP contribution < -0.4 is 5.73 Å². The SMILES string of the molecule is CC(O)C(N)c1ccc(Br)c(F)c1O. The number of nitrogens with two attached hydrogens (primary N) is 1. The van der Waals surface area contributed by atoms with Crippen LogP contribution in [-0.4, -0.2) is 16.3 Å². The number of phenolic OH excluding ortho intramolecular Hbond substituents is 1. The van der Waals surface area contributed by atoms with Gasteiger partial charge in [-0.3, -0.25) is 0 Å². The predicted octanol–water partition coefficient (Wildman–Crippen LogP) is 1.67. The van der Waals surface area contributed by atoms with E-state index in [-0.39, 0.29) is 10.0 Å². The van der Waals surface area contributed by atoms with Gasteiger partial charge >= 0.3 is 0 Å². The van der Waals surface area contributed by atoms with Gasteiger partial charge < -0.3 is 15.9 Å². The van der Waals surface area contributed by atoms with Crippen LogP contribution in [0.25, 0.3) is 0 Å². The summed E-state index contributed by atoms with van der Waals surface area (Å²) in [7, 11) is 0. The van der Waals surface area contributed by atoms with Gasteiger partial charge in [0.2, 0.25) is 0 Å². The van der Waals surface area contributed by atoms with Crippen LogP contribution in [0.2, 0.25) is 0 Å². The molecule has 0 aliphatic rings. The van der Waals surface area contributed by atoms with Crippen LogP contribution in [0, 0.1) is 5.82 Å². The molecule has 0 aliphatic heterocycles. The van der Waals surface area contributed by atoms with Crippen molar-refractivity contribution in [3.05, 3.63) is 28.0 Å². The Hall–Kier alpha value is -0.650. The minimum absolute atomic E-state index is 0.163. The number of phenols is 1. The van der Waals surface area contributed by atoms with Crippen LogP contribution in [0.3, 0.4) is 0 Å². The molecular weight excluding hydrogens is 253 g/mol. The molecule has 1 aromatic carbocycles. The summed E-state index contributed by atoms with van der Waals surface area (Å²) in [6.07, 6.45) is -0.846. The van der Waals surface area contributed by atoms with E-state index in [1.165, 1.54) is 19.1 Å². The molecule has 0 radical (unpaired) electrons. The number of hydrogen-bond donors (Lipinski definition) is 3. The molecular formula is C9H11BrFNO2.